The Morgan fingerprint density at radius 1 is 1.07 bits per heavy atom. The third-order valence-electron chi connectivity index (χ3n) is 4.56. The highest BCUT2D eigenvalue weighted by Crippen LogP contribution is 2.15. The third kappa shape index (κ3) is 5.11. The Balaban J connectivity index is 1.55. The Hall–Kier alpha value is -2.31. The van der Waals surface area contributed by atoms with Crippen molar-refractivity contribution in [1.29, 1.82) is 0 Å². The molecule has 0 saturated carbocycles. The van der Waals surface area contributed by atoms with Crippen LogP contribution in [0.4, 0.5) is 8.78 Å². The summed E-state index contributed by atoms with van der Waals surface area (Å²) in [6, 6.07) is 10.8. The Bertz CT molecular complexity index is 785. The van der Waals surface area contributed by atoms with Gasteiger partial charge in [0.1, 0.15) is 11.6 Å². The van der Waals surface area contributed by atoms with Crippen molar-refractivity contribution in [2.45, 2.75) is 39.1 Å². The fraction of sp³-hybridized carbons (Fsp3) is 0.381. The van der Waals surface area contributed by atoms with Crippen LogP contribution >= 0.6 is 0 Å². The zero-order chi connectivity index (χ0) is 19.4. The van der Waals surface area contributed by atoms with E-state index in [0.29, 0.717) is 25.2 Å². The summed E-state index contributed by atoms with van der Waals surface area (Å²) in [7, 11) is 0. The van der Waals surface area contributed by atoms with Gasteiger partial charge in [-0.05, 0) is 49.7 Å². The van der Waals surface area contributed by atoms with Crippen LogP contribution < -0.4 is 5.32 Å². The highest BCUT2D eigenvalue weighted by molar-refractivity contribution is 5.94. The van der Waals surface area contributed by atoms with E-state index < -0.39 is 11.6 Å². The number of carbonyl (C=O) groups excluding carboxylic acids is 1. The van der Waals surface area contributed by atoms with Crippen molar-refractivity contribution in [3.63, 3.8) is 0 Å². The molecule has 0 bridgehead atoms. The van der Waals surface area contributed by atoms with Crippen molar-refractivity contribution in [3.8, 4) is 0 Å². The van der Waals surface area contributed by atoms with Gasteiger partial charge in [0.25, 0.3) is 5.91 Å². The van der Waals surface area contributed by atoms with E-state index in [-0.39, 0.29) is 30.2 Å². The highest BCUT2D eigenvalue weighted by Gasteiger charge is 2.26. The molecule has 0 spiro atoms. The van der Waals surface area contributed by atoms with Gasteiger partial charge in [-0.3, -0.25) is 4.79 Å². The molecule has 0 radical (unpaired) electrons. The van der Waals surface area contributed by atoms with Crippen LogP contribution in [-0.4, -0.2) is 36.1 Å². The predicted molar refractivity (Wildman–Crippen MR) is 99.3 cm³/mol. The minimum Gasteiger partial charge on any atom is -0.372 e. The second-order valence-electron chi connectivity index (χ2n) is 7.00. The molecule has 1 fully saturated rings. The molecule has 2 aromatic carbocycles. The van der Waals surface area contributed by atoms with Crippen LogP contribution in [0, 0.1) is 11.6 Å². The van der Waals surface area contributed by atoms with Gasteiger partial charge in [0.15, 0.2) is 0 Å². The van der Waals surface area contributed by atoms with Gasteiger partial charge >= 0.3 is 0 Å². The third-order valence-corrected chi connectivity index (χ3v) is 4.56. The topological polar surface area (TPSA) is 41.6 Å². The van der Waals surface area contributed by atoms with Crippen LogP contribution in [0.15, 0.2) is 42.5 Å². The van der Waals surface area contributed by atoms with E-state index in [1.54, 1.807) is 12.1 Å². The average molecular weight is 374 g/mol. The Morgan fingerprint density at radius 2 is 1.74 bits per heavy atom. The maximum Gasteiger partial charge on any atom is 0.254 e. The minimum atomic E-state index is -0.456. The number of carbonyl (C=O) groups is 1. The molecule has 2 atom stereocenters. The quantitative estimate of drug-likeness (QED) is 0.871. The first-order valence-corrected chi connectivity index (χ1v) is 9.10. The fourth-order valence-corrected chi connectivity index (χ4v) is 3.31. The molecular weight excluding hydrogens is 350 g/mol. The lowest BCUT2D eigenvalue weighted by atomic mass is 10.1. The van der Waals surface area contributed by atoms with Gasteiger partial charge in [0.2, 0.25) is 0 Å². The average Bonchev–Trinajstić information content (AvgIpc) is 2.64. The molecule has 1 saturated heterocycles. The zero-order valence-corrected chi connectivity index (χ0v) is 15.5. The molecule has 1 heterocycles. The molecule has 2 unspecified atom stereocenters. The molecule has 1 aliphatic heterocycles. The van der Waals surface area contributed by atoms with E-state index in [9.17, 15) is 13.6 Å². The van der Waals surface area contributed by atoms with Gasteiger partial charge in [0.05, 0.1) is 12.2 Å². The summed E-state index contributed by atoms with van der Waals surface area (Å²) in [5.41, 5.74) is 1.89. The lowest BCUT2D eigenvalue weighted by Gasteiger charge is -2.35. The van der Waals surface area contributed by atoms with Crippen LogP contribution in [0.5, 0.6) is 0 Å². The van der Waals surface area contributed by atoms with Crippen molar-refractivity contribution in [1.82, 2.24) is 10.2 Å². The molecule has 144 valence electrons. The van der Waals surface area contributed by atoms with Crippen molar-refractivity contribution in [2.75, 3.05) is 13.1 Å². The summed E-state index contributed by atoms with van der Waals surface area (Å²) in [4.78, 5) is 14.5. The van der Waals surface area contributed by atoms with Gasteiger partial charge in [0, 0.05) is 37.3 Å². The second-order valence-corrected chi connectivity index (χ2v) is 7.00. The standard InChI is InChI=1S/C21H24F2N2O2/c1-14-12-25(13-15(2)27-14)21(26)17-5-3-16(4-6-17)10-24-11-18-9-19(22)7-8-20(18)23/h3-9,14-15,24H,10-13H2,1-2H3. The summed E-state index contributed by atoms with van der Waals surface area (Å²) in [5, 5.41) is 3.09. The van der Waals surface area contributed by atoms with Crippen LogP contribution in [0.25, 0.3) is 0 Å². The van der Waals surface area contributed by atoms with E-state index in [2.05, 4.69) is 5.32 Å². The van der Waals surface area contributed by atoms with E-state index in [1.807, 2.05) is 30.9 Å². The molecular formula is C21H24F2N2O2. The first kappa shape index (κ1) is 19.5. The molecule has 27 heavy (non-hydrogen) atoms. The number of benzene rings is 2. The van der Waals surface area contributed by atoms with Gasteiger partial charge in [-0.25, -0.2) is 8.78 Å². The SMILES string of the molecule is CC1CN(C(=O)c2ccc(CNCc3cc(F)ccc3F)cc2)CC(C)O1. The number of halogens is 2. The summed E-state index contributed by atoms with van der Waals surface area (Å²) >= 11 is 0. The molecule has 0 aromatic heterocycles. The smallest absolute Gasteiger partial charge is 0.254 e. The fourth-order valence-electron chi connectivity index (χ4n) is 3.31. The van der Waals surface area contributed by atoms with Crippen LogP contribution in [0.3, 0.4) is 0 Å². The normalized spacial score (nSPS) is 19.9. The number of hydrogen-bond acceptors (Lipinski definition) is 3. The lowest BCUT2D eigenvalue weighted by molar-refractivity contribution is -0.0586. The first-order chi connectivity index (χ1) is 12.9. The van der Waals surface area contributed by atoms with Crippen LogP contribution in [-0.2, 0) is 17.8 Å². The van der Waals surface area contributed by atoms with Crippen molar-refractivity contribution < 1.29 is 18.3 Å². The van der Waals surface area contributed by atoms with Gasteiger partial charge < -0.3 is 15.0 Å². The molecule has 0 aliphatic carbocycles. The monoisotopic (exact) mass is 374 g/mol. The predicted octanol–water partition coefficient (Wildman–Crippen LogP) is 3.50. The van der Waals surface area contributed by atoms with Gasteiger partial charge in [-0.15, -0.1) is 0 Å². The highest BCUT2D eigenvalue weighted by atomic mass is 19.1. The number of hydrogen-bond donors (Lipinski definition) is 1. The van der Waals surface area contributed by atoms with Crippen molar-refractivity contribution in [2.24, 2.45) is 0 Å². The summed E-state index contributed by atoms with van der Waals surface area (Å²) < 4.78 is 32.5. The Kier molecular flexibility index (Phi) is 6.19. The van der Waals surface area contributed by atoms with Crippen molar-refractivity contribution >= 4 is 5.91 Å². The van der Waals surface area contributed by atoms with E-state index in [4.69, 9.17) is 4.74 Å². The maximum absolute atomic E-state index is 13.6. The number of ether oxygens (including phenoxy) is 1. The molecule has 4 nitrogen and oxygen atoms in total. The number of amides is 1. The van der Waals surface area contributed by atoms with Crippen molar-refractivity contribution in [3.05, 3.63) is 70.8 Å². The molecule has 1 N–H and O–H groups in total. The number of nitrogens with one attached hydrogen (secondary N) is 1. The van der Waals surface area contributed by atoms with Gasteiger partial charge in [-0.2, -0.15) is 0 Å². The first-order valence-electron chi connectivity index (χ1n) is 9.10. The molecule has 6 heteroatoms. The van der Waals surface area contributed by atoms with Gasteiger partial charge in [-0.1, -0.05) is 12.1 Å². The number of rotatable bonds is 5. The molecule has 1 amide bonds. The van der Waals surface area contributed by atoms with E-state index >= 15 is 0 Å². The summed E-state index contributed by atoms with van der Waals surface area (Å²) in [5.74, 6) is -0.889. The largest absolute Gasteiger partial charge is 0.372 e. The summed E-state index contributed by atoms with van der Waals surface area (Å²) in [6.45, 7) is 5.83. The van der Waals surface area contributed by atoms with E-state index in [0.717, 1.165) is 17.7 Å². The molecule has 3 rings (SSSR count). The Morgan fingerprint density at radius 3 is 2.41 bits per heavy atom. The lowest BCUT2D eigenvalue weighted by Crippen LogP contribution is -2.48. The molecule has 1 aliphatic rings. The Labute approximate surface area is 158 Å². The second kappa shape index (κ2) is 8.59. The molecule has 2 aromatic rings. The van der Waals surface area contributed by atoms with E-state index in [1.165, 1.54) is 6.07 Å². The summed E-state index contributed by atoms with van der Waals surface area (Å²) in [6.07, 6.45) is 0.0637. The van der Waals surface area contributed by atoms with Crippen LogP contribution in [0.1, 0.15) is 35.3 Å². The van der Waals surface area contributed by atoms with Crippen LogP contribution in [0.2, 0.25) is 0 Å². The zero-order valence-electron chi connectivity index (χ0n) is 15.5. The number of nitrogens with zero attached hydrogens (tertiary/aromatic N) is 1. The maximum atomic E-state index is 13.6. The minimum absolute atomic E-state index is 0.00154. The number of morpholine rings is 1.